The topological polar surface area (TPSA) is 113 Å². The van der Waals surface area contributed by atoms with Crippen LogP contribution in [0.25, 0.3) is 0 Å². The van der Waals surface area contributed by atoms with E-state index in [0.29, 0.717) is 52.5 Å². The summed E-state index contributed by atoms with van der Waals surface area (Å²) in [5.41, 5.74) is 0. The largest absolute Gasteiger partial charge is 0.466 e. The number of carbonyl (C=O) groups excluding carboxylic acids is 2. The van der Waals surface area contributed by atoms with Crippen molar-refractivity contribution in [1.29, 1.82) is 0 Å². The summed E-state index contributed by atoms with van der Waals surface area (Å²) in [4.78, 5) is 27.7. The van der Waals surface area contributed by atoms with E-state index in [2.05, 4.69) is 81.2 Å². The zero-order valence-corrected chi connectivity index (χ0v) is 46.8. The molecule has 10 heteroatoms. The van der Waals surface area contributed by atoms with Crippen LogP contribution in [0.1, 0.15) is 252 Å². The van der Waals surface area contributed by atoms with Gasteiger partial charge in [0.05, 0.1) is 52.5 Å². The van der Waals surface area contributed by atoms with Gasteiger partial charge in [-0.15, -0.1) is 0 Å². The normalized spacial score (nSPS) is 12.2. The molecular formula is C61H113NO9. The van der Waals surface area contributed by atoms with E-state index in [4.69, 9.17) is 28.4 Å². The fraction of sp³-hybridized carbons (Fsp3) is 0.836. The molecule has 1 N–H and O–H groups in total. The number of carbonyl (C=O) groups is 2. The molecule has 0 radical (unpaired) electrons. The van der Waals surface area contributed by atoms with Crippen molar-refractivity contribution in [3.8, 4) is 0 Å². The number of esters is 2. The Bertz CT molecular complexity index is 1080. The highest BCUT2D eigenvalue weighted by Crippen LogP contribution is 2.13. The van der Waals surface area contributed by atoms with E-state index in [-0.39, 0.29) is 31.4 Å². The quantitative estimate of drug-likeness (QED) is 0.0273. The van der Waals surface area contributed by atoms with Crippen LogP contribution < -0.4 is 0 Å². The van der Waals surface area contributed by atoms with Crippen molar-refractivity contribution in [3.63, 3.8) is 0 Å². The molecule has 0 aromatic carbocycles. The first-order valence-corrected chi connectivity index (χ1v) is 29.7. The fourth-order valence-electron chi connectivity index (χ4n) is 8.13. The predicted molar refractivity (Wildman–Crippen MR) is 298 cm³/mol. The van der Waals surface area contributed by atoms with Crippen molar-refractivity contribution in [2.75, 3.05) is 65.9 Å². The summed E-state index contributed by atoms with van der Waals surface area (Å²) in [6, 6.07) is 0. The highest BCUT2D eigenvalue weighted by molar-refractivity contribution is 5.69. The molecule has 0 saturated heterocycles. The number of rotatable bonds is 57. The molecule has 0 heterocycles. The van der Waals surface area contributed by atoms with Crippen molar-refractivity contribution < 1.29 is 43.1 Å². The molecule has 10 nitrogen and oxygen atoms in total. The number of nitrogens with zero attached hydrogens (tertiary/aromatic N) is 1. The average molecular weight is 1000 g/mol. The number of aliphatic hydroxyl groups excluding tert-OH is 1. The second-order valence-electron chi connectivity index (χ2n) is 19.4. The highest BCUT2D eigenvalue weighted by atomic mass is 16.7. The minimum atomic E-state index is -0.431. The molecule has 0 rings (SSSR count). The van der Waals surface area contributed by atoms with Crippen LogP contribution in [-0.4, -0.2) is 100 Å². The second kappa shape index (κ2) is 58.5. The second-order valence-corrected chi connectivity index (χ2v) is 19.4. The lowest BCUT2D eigenvalue weighted by Crippen LogP contribution is -2.27. The third kappa shape index (κ3) is 53.8. The van der Waals surface area contributed by atoms with Crippen LogP contribution in [0.2, 0.25) is 0 Å². The van der Waals surface area contributed by atoms with E-state index in [1.165, 1.54) is 103 Å². The standard InChI is InChI=1S/C61H113NO9/c1-5-9-13-17-21-29-39-54-68-60(69-55-40-30-22-18-14-10-6-2)46-44-58(64)66-52-37-33-25-27-35-48-62(50-43-51-63)49-36-28-26-34-38-53-67-59(65)45-47-61(70-56-41-31-23-19-15-11-7-3)71-57-42-32-24-20-16-12-8-4/h29-32,39-42,60-61,63H,5-28,33-38,43-57H2,1-4H3/b39-29-,40-30-,41-31-,42-32-. The van der Waals surface area contributed by atoms with Gasteiger partial charge < -0.3 is 38.4 Å². The molecular weight excluding hydrogens is 891 g/mol. The maximum atomic E-state index is 12.6. The Morgan fingerprint density at radius 3 is 1.00 bits per heavy atom. The Hall–Kier alpha value is -2.34. The maximum Gasteiger partial charge on any atom is 0.305 e. The molecule has 0 aliphatic rings. The fourth-order valence-corrected chi connectivity index (χ4v) is 8.13. The Balaban J connectivity index is 4.34. The molecule has 0 aliphatic carbocycles. The number of hydrogen-bond acceptors (Lipinski definition) is 10. The van der Waals surface area contributed by atoms with E-state index in [9.17, 15) is 14.7 Å². The number of aliphatic hydroxyl groups is 1. The minimum Gasteiger partial charge on any atom is -0.466 e. The summed E-state index contributed by atoms with van der Waals surface area (Å²) < 4.78 is 35.2. The third-order valence-corrected chi connectivity index (χ3v) is 12.6. The number of ether oxygens (including phenoxy) is 6. The molecule has 71 heavy (non-hydrogen) atoms. The van der Waals surface area contributed by atoms with Crippen LogP contribution in [-0.2, 0) is 38.0 Å². The van der Waals surface area contributed by atoms with Crippen molar-refractivity contribution in [3.05, 3.63) is 48.6 Å². The molecule has 0 unspecified atom stereocenters. The van der Waals surface area contributed by atoms with Crippen molar-refractivity contribution >= 4 is 11.9 Å². The first kappa shape index (κ1) is 68.7. The first-order valence-electron chi connectivity index (χ1n) is 29.7. The molecule has 0 bridgehead atoms. The maximum absolute atomic E-state index is 12.6. The van der Waals surface area contributed by atoms with E-state index in [1.807, 2.05) is 0 Å². The van der Waals surface area contributed by atoms with Crippen molar-refractivity contribution in [1.82, 2.24) is 4.90 Å². The molecule has 0 spiro atoms. The lowest BCUT2D eigenvalue weighted by atomic mass is 10.1. The number of unbranched alkanes of at least 4 members (excludes halogenated alkanes) is 24. The van der Waals surface area contributed by atoms with Gasteiger partial charge in [0.1, 0.15) is 0 Å². The van der Waals surface area contributed by atoms with Crippen LogP contribution in [0.5, 0.6) is 0 Å². The van der Waals surface area contributed by atoms with E-state index < -0.39 is 12.6 Å². The van der Waals surface area contributed by atoms with Gasteiger partial charge in [-0.25, -0.2) is 0 Å². The Morgan fingerprint density at radius 2 is 0.676 bits per heavy atom. The summed E-state index contributed by atoms with van der Waals surface area (Å²) in [5.74, 6) is -0.372. The third-order valence-electron chi connectivity index (χ3n) is 12.6. The molecule has 0 aromatic rings. The van der Waals surface area contributed by atoms with Crippen LogP contribution in [0.15, 0.2) is 48.6 Å². The summed E-state index contributed by atoms with van der Waals surface area (Å²) in [6.45, 7) is 15.0. The lowest BCUT2D eigenvalue weighted by molar-refractivity contribution is -0.153. The van der Waals surface area contributed by atoms with Gasteiger partial charge in [-0.2, -0.15) is 0 Å². The Kier molecular flexibility index (Phi) is 56.6. The van der Waals surface area contributed by atoms with Gasteiger partial charge in [0.2, 0.25) is 0 Å². The highest BCUT2D eigenvalue weighted by Gasteiger charge is 2.14. The lowest BCUT2D eigenvalue weighted by Gasteiger charge is -2.22. The molecule has 416 valence electrons. The van der Waals surface area contributed by atoms with Crippen LogP contribution in [0.4, 0.5) is 0 Å². The zero-order valence-electron chi connectivity index (χ0n) is 46.8. The van der Waals surface area contributed by atoms with E-state index in [0.717, 1.165) is 116 Å². The van der Waals surface area contributed by atoms with Gasteiger partial charge >= 0.3 is 11.9 Å². The molecule has 0 fully saturated rings. The Labute approximate surface area is 437 Å². The van der Waals surface area contributed by atoms with Gasteiger partial charge in [0.25, 0.3) is 0 Å². The van der Waals surface area contributed by atoms with Gasteiger partial charge in [-0.05, 0) is 96.6 Å². The zero-order chi connectivity index (χ0) is 51.6. The van der Waals surface area contributed by atoms with Crippen LogP contribution in [0.3, 0.4) is 0 Å². The van der Waals surface area contributed by atoms with E-state index in [1.54, 1.807) is 0 Å². The van der Waals surface area contributed by atoms with Gasteiger partial charge in [-0.1, -0.05) is 192 Å². The minimum absolute atomic E-state index is 0.186. The SMILES string of the molecule is CCCCCC/C=C\COC(CCC(=O)OCCCCCCCN(CCCO)CCCCCCCOC(=O)CCC(OC/C=C\CCCCCC)OC/C=C\CCCCCC)OC/C=C\CCCCCC. The molecule has 0 saturated carbocycles. The smallest absolute Gasteiger partial charge is 0.305 e. The molecule has 0 amide bonds. The Morgan fingerprint density at radius 1 is 0.380 bits per heavy atom. The molecule has 0 atom stereocenters. The van der Waals surface area contributed by atoms with Crippen molar-refractivity contribution in [2.45, 2.75) is 265 Å². The van der Waals surface area contributed by atoms with Gasteiger partial charge in [-0.3, -0.25) is 9.59 Å². The average Bonchev–Trinajstić information content (AvgIpc) is 3.37. The van der Waals surface area contributed by atoms with Crippen molar-refractivity contribution in [2.24, 2.45) is 0 Å². The summed E-state index contributed by atoms with van der Waals surface area (Å²) in [7, 11) is 0. The summed E-state index contributed by atoms with van der Waals surface area (Å²) >= 11 is 0. The molecule has 0 aliphatic heterocycles. The number of allylic oxidation sites excluding steroid dienone is 4. The predicted octanol–water partition coefficient (Wildman–Crippen LogP) is 16.0. The van der Waals surface area contributed by atoms with Crippen LogP contribution in [0, 0.1) is 0 Å². The monoisotopic (exact) mass is 1000 g/mol. The summed E-state index contributed by atoms with van der Waals surface area (Å²) in [5, 5.41) is 9.49. The van der Waals surface area contributed by atoms with Crippen LogP contribution >= 0.6 is 0 Å². The number of hydrogen-bond donors (Lipinski definition) is 1. The van der Waals surface area contributed by atoms with Gasteiger partial charge in [0, 0.05) is 26.0 Å². The van der Waals surface area contributed by atoms with E-state index >= 15 is 0 Å². The van der Waals surface area contributed by atoms with Gasteiger partial charge in [0.15, 0.2) is 12.6 Å². The first-order chi connectivity index (χ1) is 35.0. The molecule has 0 aromatic heterocycles. The summed E-state index contributed by atoms with van der Waals surface area (Å²) in [6.07, 6.45) is 53.5.